The summed E-state index contributed by atoms with van der Waals surface area (Å²) in [6.45, 7) is 5.50. The Morgan fingerprint density at radius 3 is 2.61 bits per heavy atom. The number of hydrogen-bond donors (Lipinski definition) is 1. The van der Waals surface area contributed by atoms with Gasteiger partial charge in [-0.05, 0) is 56.1 Å². The highest BCUT2D eigenvalue weighted by atomic mass is 35.5. The van der Waals surface area contributed by atoms with Crippen LogP contribution in [0.4, 0.5) is 11.5 Å². The summed E-state index contributed by atoms with van der Waals surface area (Å²) in [4.78, 5) is 8.65. The first-order valence-electron chi connectivity index (χ1n) is 7.18. The molecule has 6 heteroatoms. The maximum atomic E-state index is 12.5. The van der Waals surface area contributed by atoms with Crippen molar-refractivity contribution < 1.29 is 4.57 Å². The van der Waals surface area contributed by atoms with Crippen LogP contribution in [0.2, 0.25) is 5.02 Å². The van der Waals surface area contributed by atoms with Crippen LogP contribution in [0, 0.1) is 6.92 Å². The van der Waals surface area contributed by atoms with E-state index in [1.54, 1.807) is 13.3 Å². The zero-order chi connectivity index (χ0) is 16.6. The Bertz CT molecular complexity index is 936. The van der Waals surface area contributed by atoms with E-state index in [-0.39, 0.29) is 0 Å². The van der Waals surface area contributed by atoms with E-state index < -0.39 is 7.14 Å². The zero-order valence-corrected chi connectivity index (χ0v) is 14.8. The Labute approximate surface area is 140 Å². The minimum atomic E-state index is -2.37. The number of aryl methyl sites for hydroxylation is 1. The number of anilines is 2. The average Bonchev–Trinajstić information content (AvgIpc) is 2.45. The number of rotatable bonds is 3. The molecule has 0 radical (unpaired) electrons. The highest BCUT2D eigenvalue weighted by Crippen LogP contribution is 2.38. The van der Waals surface area contributed by atoms with Crippen LogP contribution in [-0.4, -0.2) is 23.3 Å². The molecule has 0 amide bonds. The van der Waals surface area contributed by atoms with Gasteiger partial charge in [-0.15, -0.1) is 0 Å². The van der Waals surface area contributed by atoms with Crippen molar-refractivity contribution in [2.45, 2.75) is 6.92 Å². The summed E-state index contributed by atoms with van der Waals surface area (Å²) in [6.07, 6.45) is 1.52. The molecule has 2 aromatic carbocycles. The molecule has 3 rings (SSSR count). The summed E-state index contributed by atoms with van der Waals surface area (Å²) in [6, 6.07) is 11.3. The maximum Gasteiger partial charge on any atom is 0.141 e. The SMILES string of the molecule is Cc1cc2ncnc(Nc3cccc(Cl)c3)c2cc1P(C)(C)=O. The van der Waals surface area contributed by atoms with Gasteiger partial charge >= 0.3 is 0 Å². The van der Waals surface area contributed by atoms with Gasteiger partial charge in [0.25, 0.3) is 0 Å². The molecule has 0 atom stereocenters. The topological polar surface area (TPSA) is 54.9 Å². The lowest BCUT2D eigenvalue weighted by atomic mass is 10.1. The number of benzene rings is 2. The summed E-state index contributed by atoms with van der Waals surface area (Å²) in [5.74, 6) is 0.673. The number of fused-ring (bicyclic) bond motifs is 1. The van der Waals surface area contributed by atoms with E-state index in [2.05, 4.69) is 15.3 Å². The molecular formula is C17H17ClN3OP. The van der Waals surface area contributed by atoms with Gasteiger partial charge in [0.2, 0.25) is 0 Å². The van der Waals surface area contributed by atoms with Crippen molar-refractivity contribution in [3.8, 4) is 0 Å². The fourth-order valence-corrected chi connectivity index (χ4v) is 4.12. The molecule has 1 heterocycles. The van der Waals surface area contributed by atoms with E-state index >= 15 is 0 Å². The Morgan fingerprint density at radius 2 is 1.91 bits per heavy atom. The molecule has 118 valence electrons. The predicted octanol–water partition coefficient (Wildman–Crippen LogP) is 4.58. The van der Waals surface area contributed by atoms with Gasteiger partial charge in [0.1, 0.15) is 19.3 Å². The van der Waals surface area contributed by atoms with E-state index in [9.17, 15) is 4.57 Å². The smallest absolute Gasteiger partial charge is 0.141 e. The molecule has 1 N–H and O–H groups in total. The summed E-state index contributed by atoms with van der Waals surface area (Å²) in [5, 5.41) is 5.61. The van der Waals surface area contributed by atoms with Gasteiger partial charge in [0.15, 0.2) is 0 Å². The van der Waals surface area contributed by atoms with Crippen molar-refractivity contribution >= 4 is 46.5 Å². The lowest BCUT2D eigenvalue weighted by Crippen LogP contribution is -2.09. The van der Waals surface area contributed by atoms with Crippen molar-refractivity contribution in [2.75, 3.05) is 18.6 Å². The van der Waals surface area contributed by atoms with E-state index in [1.165, 1.54) is 6.33 Å². The molecule has 0 fully saturated rings. The monoisotopic (exact) mass is 345 g/mol. The molecule has 0 bridgehead atoms. The molecule has 0 aliphatic carbocycles. The molecule has 4 nitrogen and oxygen atoms in total. The molecule has 3 aromatic rings. The van der Waals surface area contributed by atoms with Crippen LogP contribution in [0.25, 0.3) is 10.9 Å². The van der Waals surface area contributed by atoms with Gasteiger partial charge in [0, 0.05) is 21.4 Å². The first-order valence-corrected chi connectivity index (χ1v) is 10.2. The van der Waals surface area contributed by atoms with Crippen LogP contribution in [0.15, 0.2) is 42.7 Å². The third-order valence-electron chi connectivity index (χ3n) is 3.62. The Morgan fingerprint density at radius 1 is 1.13 bits per heavy atom. The van der Waals surface area contributed by atoms with Crippen LogP contribution in [0.5, 0.6) is 0 Å². The zero-order valence-electron chi connectivity index (χ0n) is 13.2. The van der Waals surface area contributed by atoms with E-state index in [0.717, 1.165) is 27.5 Å². The van der Waals surface area contributed by atoms with Crippen molar-refractivity contribution in [2.24, 2.45) is 0 Å². The Kier molecular flexibility index (Phi) is 4.13. The third kappa shape index (κ3) is 3.39. The second-order valence-corrected chi connectivity index (χ2v) is 9.48. The van der Waals surface area contributed by atoms with Crippen LogP contribution in [-0.2, 0) is 4.57 Å². The number of aromatic nitrogens is 2. The van der Waals surface area contributed by atoms with Gasteiger partial charge in [0.05, 0.1) is 5.52 Å². The highest BCUT2D eigenvalue weighted by Gasteiger charge is 2.17. The summed E-state index contributed by atoms with van der Waals surface area (Å²) >= 11 is 6.03. The summed E-state index contributed by atoms with van der Waals surface area (Å²) in [7, 11) is -2.37. The van der Waals surface area contributed by atoms with Gasteiger partial charge in [-0.3, -0.25) is 0 Å². The minimum absolute atomic E-state index is 0.650. The van der Waals surface area contributed by atoms with Crippen LogP contribution in [0.1, 0.15) is 5.56 Å². The predicted molar refractivity (Wildman–Crippen MR) is 98.1 cm³/mol. The standard InChI is InChI=1S/C17H17ClN3OP/c1-11-7-15-14(9-16(11)23(2,3)22)17(20-10-19-15)21-13-6-4-5-12(18)8-13/h4-10H,1-3H3,(H,19,20,21). The molecule has 0 aliphatic rings. The van der Waals surface area contributed by atoms with Crippen LogP contribution >= 0.6 is 18.7 Å². The van der Waals surface area contributed by atoms with Crippen molar-refractivity contribution in [1.82, 2.24) is 9.97 Å². The Hall–Kier alpha value is -1.90. The van der Waals surface area contributed by atoms with Gasteiger partial charge in [-0.2, -0.15) is 0 Å². The largest absolute Gasteiger partial charge is 0.340 e. The maximum absolute atomic E-state index is 12.5. The lowest BCUT2D eigenvalue weighted by molar-refractivity contribution is 0.588. The van der Waals surface area contributed by atoms with Crippen molar-refractivity contribution in [1.29, 1.82) is 0 Å². The normalized spacial score (nSPS) is 11.7. The van der Waals surface area contributed by atoms with Gasteiger partial charge < -0.3 is 9.88 Å². The van der Waals surface area contributed by atoms with E-state index in [0.29, 0.717) is 10.8 Å². The van der Waals surface area contributed by atoms with Crippen LogP contribution < -0.4 is 10.6 Å². The number of nitrogens with one attached hydrogen (secondary N) is 1. The molecular weight excluding hydrogens is 329 g/mol. The minimum Gasteiger partial charge on any atom is -0.340 e. The molecule has 0 saturated heterocycles. The molecule has 23 heavy (non-hydrogen) atoms. The third-order valence-corrected chi connectivity index (χ3v) is 5.50. The second-order valence-electron chi connectivity index (χ2n) is 5.86. The lowest BCUT2D eigenvalue weighted by Gasteiger charge is -2.14. The fraction of sp³-hybridized carbons (Fsp3) is 0.176. The molecule has 0 unspecified atom stereocenters. The number of nitrogens with zero attached hydrogens (tertiary/aromatic N) is 2. The van der Waals surface area contributed by atoms with Crippen molar-refractivity contribution in [3.63, 3.8) is 0 Å². The Balaban J connectivity index is 2.15. The van der Waals surface area contributed by atoms with Crippen molar-refractivity contribution in [3.05, 3.63) is 53.3 Å². The second kappa shape index (κ2) is 5.95. The number of halogens is 1. The first-order chi connectivity index (χ1) is 10.8. The molecule has 0 saturated carbocycles. The fourth-order valence-electron chi connectivity index (χ4n) is 2.58. The average molecular weight is 346 g/mol. The molecule has 1 aromatic heterocycles. The molecule has 0 spiro atoms. The van der Waals surface area contributed by atoms with E-state index in [1.807, 2.05) is 43.3 Å². The van der Waals surface area contributed by atoms with Gasteiger partial charge in [-0.1, -0.05) is 17.7 Å². The first kappa shape index (κ1) is 16.0. The quantitative estimate of drug-likeness (QED) is 0.706. The summed E-state index contributed by atoms with van der Waals surface area (Å²) < 4.78 is 12.5. The van der Waals surface area contributed by atoms with Crippen LogP contribution in [0.3, 0.4) is 0 Å². The molecule has 0 aliphatic heterocycles. The van der Waals surface area contributed by atoms with E-state index in [4.69, 9.17) is 11.6 Å². The summed E-state index contributed by atoms with van der Waals surface area (Å²) in [5.41, 5.74) is 2.65. The highest BCUT2D eigenvalue weighted by molar-refractivity contribution is 7.70. The number of hydrogen-bond acceptors (Lipinski definition) is 4. The van der Waals surface area contributed by atoms with Gasteiger partial charge in [-0.25, -0.2) is 9.97 Å².